The molecule has 2 unspecified atom stereocenters. The van der Waals surface area contributed by atoms with Gasteiger partial charge in [-0.15, -0.1) is 0 Å². The second kappa shape index (κ2) is 7.94. The molecule has 0 bridgehead atoms. The van der Waals surface area contributed by atoms with E-state index in [1.54, 1.807) is 0 Å². The molecular formula is C17H30N6O2S. The highest BCUT2D eigenvalue weighted by molar-refractivity contribution is 7.91. The molecule has 0 amide bonds. The van der Waals surface area contributed by atoms with Crippen LogP contribution in [-0.4, -0.2) is 59.8 Å². The Morgan fingerprint density at radius 3 is 2.85 bits per heavy atom. The number of hydrogen-bond donors (Lipinski definition) is 2. The maximum absolute atomic E-state index is 11.6. The summed E-state index contributed by atoms with van der Waals surface area (Å²) in [5.74, 6) is 3.76. The molecule has 2 atom stereocenters. The zero-order valence-corrected chi connectivity index (χ0v) is 16.7. The van der Waals surface area contributed by atoms with Crippen LogP contribution in [0.5, 0.6) is 0 Å². The average Bonchev–Trinajstić information content (AvgIpc) is 3.15. The molecule has 2 N–H and O–H groups in total. The minimum atomic E-state index is -2.85. The Kier molecular flexibility index (Phi) is 5.84. The summed E-state index contributed by atoms with van der Waals surface area (Å²) in [5, 5.41) is 11.4. The molecule has 0 aliphatic carbocycles. The lowest BCUT2D eigenvalue weighted by atomic mass is 10.1. The van der Waals surface area contributed by atoms with Crippen LogP contribution in [0.25, 0.3) is 0 Å². The average molecular weight is 383 g/mol. The molecule has 8 nitrogen and oxygen atoms in total. The van der Waals surface area contributed by atoms with Gasteiger partial charge in [-0.2, -0.15) is 5.10 Å². The fourth-order valence-corrected chi connectivity index (χ4v) is 5.29. The van der Waals surface area contributed by atoms with Gasteiger partial charge in [-0.05, 0) is 25.7 Å². The molecule has 1 aromatic rings. The molecule has 146 valence electrons. The van der Waals surface area contributed by atoms with Crippen LogP contribution < -0.4 is 10.6 Å². The number of aryl methyl sites for hydroxylation is 1. The van der Waals surface area contributed by atoms with Crippen molar-refractivity contribution in [1.82, 2.24) is 25.4 Å². The topological polar surface area (TPSA) is 101 Å². The molecule has 9 heteroatoms. The van der Waals surface area contributed by atoms with E-state index < -0.39 is 9.84 Å². The van der Waals surface area contributed by atoms with Gasteiger partial charge in [0.2, 0.25) is 0 Å². The number of aliphatic imine (C=N–C) groups is 1. The summed E-state index contributed by atoms with van der Waals surface area (Å²) in [4.78, 5) is 9.25. The van der Waals surface area contributed by atoms with Crippen molar-refractivity contribution < 1.29 is 8.42 Å². The summed E-state index contributed by atoms with van der Waals surface area (Å²) in [5.41, 5.74) is 0. The van der Waals surface area contributed by atoms with Gasteiger partial charge in [-0.25, -0.2) is 18.1 Å². The van der Waals surface area contributed by atoms with E-state index in [-0.39, 0.29) is 17.7 Å². The second-order valence-corrected chi connectivity index (χ2v) is 9.82. The summed E-state index contributed by atoms with van der Waals surface area (Å²) in [6.45, 7) is 8.34. The smallest absolute Gasteiger partial charge is 0.191 e. The highest BCUT2D eigenvalue weighted by Crippen LogP contribution is 2.19. The van der Waals surface area contributed by atoms with Crippen molar-refractivity contribution in [3.8, 4) is 0 Å². The number of hydrogen-bond acceptors (Lipinski definition) is 5. The van der Waals surface area contributed by atoms with Crippen LogP contribution in [0.2, 0.25) is 0 Å². The van der Waals surface area contributed by atoms with Crippen molar-refractivity contribution in [2.75, 3.05) is 24.6 Å². The third-order valence-corrected chi connectivity index (χ3v) is 6.75. The number of guanidine groups is 1. The van der Waals surface area contributed by atoms with Crippen molar-refractivity contribution in [2.24, 2.45) is 10.9 Å². The van der Waals surface area contributed by atoms with E-state index in [1.165, 1.54) is 0 Å². The first kappa shape index (κ1) is 19.1. The summed E-state index contributed by atoms with van der Waals surface area (Å²) in [6, 6.07) is 0.245. The molecule has 0 radical (unpaired) electrons. The number of sulfone groups is 1. The van der Waals surface area contributed by atoms with E-state index in [2.05, 4.69) is 39.6 Å². The molecular weight excluding hydrogens is 352 g/mol. The van der Waals surface area contributed by atoms with Crippen molar-refractivity contribution in [3.05, 3.63) is 11.6 Å². The summed E-state index contributed by atoms with van der Waals surface area (Å²) in [6.07, 6.45) is 2.60. The Labute approximate surface area is 155 Å². The van der Waals surface area contributed by atoms with Crippen LogP contribution >= 0.6 is 0 Å². The molecule has 1 aromatic heterocycles. The zero-order chi connectivity index (χ0) is 18.7. The van der Waals surface area contributed by atoms with E-state index in [4.69, 9.17) is 0 Å². The van der Waals surface area contributed by atoms with Gasteiger partial charge in [0.15, 0.2) is 21.6 Å². The number of fused-ring (bicyclic) bond motifs is 1. The fraction of sp³-hybridized carbons (Fsp3) is 0.824. The van der Waals surface area contributed by atoms with Crippen molar-refractivity contribution >= 4 is 15.8 Å². The van der Waals surface area contributed by atoms with E-state index in [0.29, 0.717) is 18.2 Å². The summed E-state index contributed by atoms with van der Waals surface area (Å²) < 4.78 is 25.2. The van der Waals surface area contributed by atoms with Crippen molar-refractivity contribution in [3.63, 3.8) is 0 Å². The SMILES string of the molecule is CCNC(=NCC1CCS(=O)(=O)C1)NC1CCc2nc(C(C)C)nn2C1. The third-order valence-electron chi connectivity index (χ3n) is 4.91. The number of rotatable bonds is 5. The highest BCUT2D eigenvalue weighted by Gasteiger charge is 2.28. The van der Waals surface area contributed by atoms with Crippen molar-refractivity contribution in [2.45, 2.75) is 58.5 Å². The minimum absolute atomic E-state index is 0.136. The molecule has 0 spiro atoms. The summed E-state index contributed by atoms with van der Waals surface area (Å²) in [7, 11) is -2.85. The first-order chi connectivity index (χ1) is 12.4. The molecule has 0 saturated carbocycles. The number of nitrogens with zero attached hydrogens (tertiary/aromatic N) is 4. The summed E-state index contributed by atoms with van der Waals surface area (Å²) >= 11 is 0. The number of nitrogens with one attached hydrogen (secondary N) is 2. The molecule has 3 heterocycles. The predicted octanol–water partition coefficient (Wildman–Crippen LogP) is 0.706. The normalized spacial score (nSPS) is 25.3. The van der Waals surface area contributed by atoms with Crippen LogP contribution in [-0.2, 0) is 22.8 Å². The second-order valence-electron chi connectivity index (χ2n) is 7.59. The van der Waals surface area contributed by atoms with Crippen molar-refractivity contribution in [1.29, 1.82) is 0 Å². The molecule has 1 fully saturated rings. The molecule has 0 aromatic carbocycles. The van der Waals surface area contributed by atoms with E-state index in [9.17, 15) is 8.42 Å². The van der Waals surface area contributed by atoms with Gasteiger partial charge in [-0.3, -0.25) is 4.99 Å². The van der Waals surface area contributed by atoms with Gasteiger partial charge in [0.25, 0.3) is 0 Å². The first-order valence-electron chi connectivity index (χ1n) is 9.55. The lowest BCUT2D eigenvalue weighted by Gasteiger charge is -2.25. The standard InChI is InChI=1S/C17H30N6O2S/c1-4-18-17(19-9-13-7-8-26(24,25)11-13)20-14-5-6-15-21-16(12(2)3)22-23(15)10-14/h12-14H,4-11H2,1-3H3,(H2,18,19,20). The van der Waals surface area contributed by atoms with Gasteiger partial charge in [0.05, 0.1) is 18.1 Å². The Balaban J connectivity index is 1.60. The zero-order valence-electron chi connectivity index (χ0n) is 15.9. The Morgan fingerprint density at radius 2 is 2.19 bits per heavy atom. The largest absolute Gasteiger partial charge is 0.357 e. The number of aromatic nitrogens is 3. The van der Waals surface area contributed by atoms with Gasteiger partial charge < -0.3 is 10.6 Å². The van der Waals surface area contributed by atoms with Gasteiger partial charge >= 0.3 is 0 Å². The molecule has 2 aliphatic heterocycles. The lowest BCUT2D eigenvalue weighted by molar-refractivity contribution is 0.391. The van der Waals surface area contributed by atoms with Crippen LogP contribution in [0, 0.1) is 5.92 Å². The van der Waals surface area contributed by atoms with Gasteiger partial charge in [0.1, 0.15) is 5.82 Å². The maximum atomic E-state index is 11.6. The van der Waals surface area contributed by atoms with Crippen LogP contribution in [0.3, 0.4) is 0 Å². The molecule has 3 rings (SSSR count). The van der Waals surface area contributed by atoms with Crippen LogP contribution in [0.1, 0.15) is 51.2 Å². The lowest BCUT2D eigenvalue weighted by Crippen LogP contribution is -2.47. The van der Waals surface area contributed by atoms with Crippen LogP contribution in [0.4, 0.5) is 0 Å². The Bertz CT molecular complexity index is 755. The van der Waals surface area contributed by atoms with E-state index in [1.807, 2.05) is 11.6 Å². The molecule has 1 saturated heterocycles. The highest BCUT2D eigenvalue weighted by atomic mass is 32.2. The predicted molar refractivity (Wildman–Crippen MR) is 102 cm³/mol. The first-order valence-corrected chi connectivity index (χ1v) is 11.4. The quantitative estimate of drug-likeness (QED) is 0.574. The Hall–Kier alpha value is -1.64. The maximum Gasteiger partial charge on any atom is 0.191 e. The van der Waals surface area contributed by atoms with Gasteiger partial charge in [-0.1, -0.05) is 13.8 Å². The molecule has 26 heavy (non-hydrogen) atoms. The van der Waals surface area contributed by atoms with E-state index >= 15 is 0 Å². The minimum Gasteiger partial charge on any atom is -0.357 e. The molecule has 2 aliphatic rings. The van der Waals surface area contributed by atoms with Crippen LogP contribution in [0.15, 0.2) is 4.99 Å². The third kappa shape index (κ3) is 4.75. The van der Waals surface area contributed by atoms with Gasteiger partial charge in [0, 0.05) is 31.5 Å². The van der Waals surface area contributed by atoms with E-state index in [0.717, 1.165) is 50.0 Å². The Morgan fingerprint density at radius 1 is 1.38 bits per heavy atom. The fourth-order valence-electron chi connectivity index (χ4n) is 3.44. The monoisotopic (exact) mass is 382 g/mol.